The topological polar surface area (TPSA) is 26.3 Å². The summed E-state index contributed by atoms with van der Waals surface area (Å²) in [5, 5.41) is 0. The average molecular weight is 272 g/mol. The average Bonchev–Trinajstić information content (AvgIpc) is 2.47. The number of carbonyl (C=O) groups excluding carboxylic acids is 1. The molecule has 0 atom stereocenters. The van der Waals surface area contributed by atoms with Gasteiger partial charge >= 0.3 is 5.97 Å². The Kier molecular flexibility index (Phi) is 8.22. The van der Waals surface area contributed by atoms with Gasteiger partial charge in [-0.1, -0.05) is 51.2 Å². The minimum Gasteiger partial charge on any atom is -0.456 e. The molecule has 0 spiro atoms. The molecule has 0 saturated heterocycles. The molecule has 1 rings (SSSR count). The molecule has 0 aliphatic carbocycles. The number of hydrogen-bond acceptors (Lipinski definition) is 2. The Balaban J connectivity index is 2.42. The summed E-state index contributed by atoms with van der Waals surface area (Å²) in [5.74, 6) is 4.92. The number of rotatable bonds is 7. The highest BCUT2D eigenvalue weighted by atomic mass is 16.5. The van der Waals surface area contributed by atoms with Gasteiger partial charge in [0.1, 0.15) is 0 Å². The van der Waals surface area contributed by atoms with Gasteiger partial charge < -0.3 is 4.74 Å². The Labute approximate surface area is 122 Å². The highest BCUT2D eigenvalue weighted by Crippen LogP contribution is 2.08. The summed E-state index contributed by atoms with van der Waals surface area (Å²) in [7, 11) is 0. The molecular weight excluding hydrogens is 248 g/mol. The predicted octanol–water partition coefficient (Wildman–Crippen LogP) is 4.11. The van der Waals surface area contributed by atoms with Crippen LogP contribution in [0.25, 0.3) is 0 Å². The van der Waals surface area contributed by atoms with Crippen molar-refractivity contribution in [3.63, 3.8) is 0 Å². The van der Waals surface area contributed by atoms with Crippen molar-refractivity contribution in [3.05, 3.63) is 35.4 Å². The Bertz CT molecular complexity index is 449. The summed E-state index contributed by atoms with van der Waals surface area (Å²) in [5.41, 5.74) is 2.19. The molecule has 1 aromatic carbocycles. The van der Waals surface area contributed by atoms with E-state index in [4.69, 9.17) is 4.74 Å². The molecule has 0 heterocycles. The van der Waals surface area contributed by atoms with Crippen molar-refractivity contribution in [2.24, 2.45) is 0 Å². The van der Waals surface area contributed by atoms with E-state index in [9.17, 15) is 4.79 Å². The number of unbranched alkanes of at least 4 members (excludes halogenated alkanes) is 3. The van der Waals surface area contributed by atoms with Crippen LogP contribution in [-0.2, 0) is 16.0 Å². The van der Waals surface area contributed by atoms with Crippen LogP contribution in [0.2, 0.25) is 0 Å². The van der Waals surface area contributed by atoms with Crippen LogP contribution < -0.4 is 0 Å². The number of aryl methyl sites for hydroxylation is 1. The van der Waals surface area contributed by atoms with E-state index in [2.05, 4.69) is 37.8 Å². The van der Waals surface area contributed by atoms with E-state index in [-0.39, 0.29) is 0 Å². The van der Waals surface area contributed by atoms with Gasteiger partial charge in [0, 0.05) is 11.5 Å². The fourth-order valence-electron chi connectivity index (χ4n) is 1.80. The normalized spacial score (nSPS) is 9.70. The lowest BCUT2D eigenvalue weighted by molar-refractivity contribution is -0.136. The van der Waals surface area contributed by atoms with Gasteiger partial charge in [-0.3, -0.25) is 0 Å². The third-order valence-corrected chi connectivity index (χ3v) is 3.06. The van der Waals surface area contributed by atoms with Gasteiger partial charge in [-0.25, -0.2) is 4.79 Å². The van der Waals surface area contributed by atoms with Gasteiger partial charge in [0.05, 0.1) is 6.61 Å². The van der Waals surface area contributed by atoms with E-state index in [0.29, 0.717) is 6.61 Å². The van der Waals surface area contributed by atoms with Crippen LogP contribution in [0.4, 0.5) is 0 Å². The fraction of sp³-hybridized carbons (Fsp3) is 0.500. The van der Waals surface area contributed by atoms with Crippen LogP contribution in [-0.4, -0.2) is 12.6 Å². The van der Waals surface area contributed by atoms with E-state index in [1.165, 1.54) is 24.8 Å². The van der Waals surface area contributed by atoms with E-state index in [1.807, 2.05) is 12.1 Å². The van der Waals surface area contributed by atoms with Crippen molar-refractivity contribution < 1.29 is 9.53 Å². The molecule has 0 aliphatic heterocycles. The van der Waals surface area contributed by atoms with Gasteiger partial charge in [-0.2, -0.15) is 0 Å². The molecule has 0 unspecified atom stereocenters. The summed E-state index contributed by atoms with van der Waals surface area (Å²) >= 11 is 0. The molecule has 0 amide bonds. The minimum absolute atomic E-state index is 0.439. The summed E-state index contributed by atoms with van der Waals surface area (Å²) in [4.78, 5) is 11.3. The van der Waals surface area contributed by atoms with Crippen molar-refractivity contribution >= 4 is 5.97 Å². The third-order valence-electron chi connectivity index (χ3n) is 3.06. The molecular formula is C18H24O2. The molecule has 1 aromatic rings. The maximum absolute atomic E-state index is 11.3. The van der Waals surface area contributed by atoms with Crippen molar-refractivity contribution in [3.8, 4) is 11.8 Å². The van der Waals surface area contributed by atoms with Crippen molar-refractivity contribution in [1.82, 2.24) is 0 Å². The monoisotopic (exact) mass is 272 g/mol. The summed E-state index contributed by atoms with van der Waals surface area (Å²) < 4.78 is 4.98. The molecule has 0 bridgehead atoms. The molecule has 0 saturated carbocycles. The van der Waals surface area contributed by atoms with Crippen LogP contribution in [0.5, 0.6) is 0 Å². The second kappa shape index (κ2) is 10.1. The smallest absolute Gasteiger partial charge is 0.384 e. The van der Waals surface area contributed by atoms with Crippen molar-refractivity contribution in [2.45, 2.75) is 52.4 Å². The molecule has 2 nitrogen and oxygen atoms in total. The zero-order valence-corrected chi connectivity index (χ0v) is 12.6. The summed E-state index contributed by atoms with van der Waals surface area (Å²) in [6.07, 6.45) is 6.75. The lowest BCUT2D eigenvalue weighted by Crippen LogP contribution is -2.02. The Morgan fingerprint density at radius 1 is 1.05 bits per heavy atom. The Morgan fingerprint density at radius 3 is 2.40 bits per heavy atom. The standard InChI is InChI=1S/C18H24O2/c1-3-5-7-8-16-9-11-17(12-10-16)13-14-18(19)20-15-6-4-2/h9-12H,3-8,15H2,1-2H3. The van der Waals surface area contributed by atoms with Crippen molar-refractivity contribution in [2.75, 3.05) is 6.61 Å². The number of hydrogen-bond donors (Lipinski definition) is 0. The molecule has 0 aliphatic rings. The van der Waals surface area contributed by atoms with Crippen LogP contribution in [0.15, 0.2) is 24.3 Å². The summed E-state index contributed by atoms with van der Waals surface area (Å²) in [6.45, 7) is 4.72. The van der Waals surface area contributed by atoms with E-state index < -0.39 is 5.97 Å². The number of esters is 1. The highest BCUT2D eigenvalue weighted by Gasteiger charge is 1.96. The van der Waals surface area contributed by atoms with E-state index in [0.717, 1.165) is 24.8 Å². The quantitative estimate of drug-likeness (QED) is 0.424. The lowest BCUT2D eigenvalue weighted by atomic mass is 10.1. The van der Waals surface area contributed by atoms with Gasteiger partial charge in [0.2, 0.25) is 0 Å². The van der Waals surface area contributed by atoms with Crippen LogP contribution in [0.1, 0.15) is 57.1 Å². The molecule has 2 heteroatoms. The van der Waals surface area contributed by atoms with Gasteiger partial charge in [0.15, 0.2) is 0 Å². The first-order valence-electron chi connectivity index (χ1n) is 7.54. The first-order chi connectivity index (χ1) is 9.76. The minimum atomic E-state index is -0.439. The lowest BCUT2D eigenvalue weighted by Gasteiger charge is -2.00. The maximum atomic E-state index is 11.3. The van der Waals surface area contributed by atoms with Crippen LogP contribution in [0, 0.1) is 11.8 Å². The molecule has 20 heavy (non-hydrogen) atoms. The summed E-state index contributed by atoms with van der Waals surface area (Å²) in [6, 6.07) is 8.10. The number of ether oxygens (including phenoxy) is 1. The second-order valence-corrected chi connectivity index (χ2v) is 4.89. The van der Waals surface area contributed by atoms with Crippen LogP contribution >= 0.6 is 0 Å². The zero-order chi connectivity index (χ0) is 14.6. The largest absolute Gasteiger partial charge is 0.456 e. The number of carbonyl (C=O) groups is 1. The first kappa shape index (κ1) is 16.3. The first-order valence-corrected chi connectivity index (χ1v) is 7.54. The van der Waals surface area contributed by atoms with Gasteiger partial charge in [-0.15, -0.1) is 0 Å². The predicted molar refractivity (Wildman–Crippen MR) is 82.4 cm³/mol. The van der Waals surface area contributed by atoms with E-state index in [1.54, 1.807) is 0 Å². The SMILES string of the molecule is CCCCCc1ccc(C#CC(=O)OCCCC)cc1. The van der Waals surface area contributed by atoms with Crippen LogP contribution in [0.3, 0.4) is 0 Å². The maximum Gasteiger partial charge on any atom is 0.384 e. The zero-order valence-electron chi connectivity index (χ0n) is 12.6. The molecule has 0 radical (unpaired) electrons. The van der Waals surface area contributed by atoms with Gasteiger partial charge in [-0.05, 0) is 37.0 Å². The molecule has 0 aromatic heterocycles. The third kappa shape index (κ3) is 6.99. The highest BCUT2D eigenvalue weighted by molar-refractivity contribution is 5.89. The Morgan fingerprint density at radius 2 is 1.75 bits per heavy atom. The fourth-order valence-corrected chi connectivity index (χ4v) is 1.80. The van der Waals surface area contributed by atoms with Crippen molar-refractivity contribution in [1.29, 1.82) is 0 Å². The van der Waals surface area contributed by atoms with E-state index >= 15 is 0 Å². The molecule has 0 fully saturated rings. The van der Waals surface area contributed by atoms with Gasteiger partial charge in [0.25, 0.3) is 0 Å². The number of benzene rings is 1. The Hall–Kier alpha value is -1.75. The second-order valence-electron chi connectivity index (χ2n) is 4.89. The molecule has 108 valence electrons. The molecule has 0 N–H and O–H groups in total.